The number of rotatable bonds is 4. The highest BCUT2D eigenvalue weighted by Crippen LogP contribution is 2.17. The predicted molar refractivity (Wildman–Crippen MR) is 57.2 cm³/mol. The summed E-state index contributed by atoms with van der Waals surface area (Å²) in [4.78, 5) is 15.1. The van der Waals surface area contributed by atoms with E-state index in [4.69, 9.17) is 5.73 Å². The first kappa shape index (κ1) is 11.7. The average molecular weight is 208 g/mol. The number of esters is 1. The molecule has 15 heavy (non-hydrogen) atoms. The first-order chi connectivity index (χ1) is 7.15. The number of carbonyl (C=O) groups excluding carboxylic acids is 1. The van der Waals surface area contributed by atoms with Gasteiger partial charge in [0.2, 0.25) is 0 Å². The standard InChI is InChI=1S/C11H16N2O2/c1-8-9(4-3-7-13-8)10(12)5-6-11(14)15-2/h3-4,7,10H,5-6,12H2,1-2H3. The van der Waals surface area contributed by atoms with Crippen molar-refractivity contribution < 1.29 is 9.53 Å². The minimum Gasteiger partial charge on any atom is -0.469 e. The van der Waals surface area contributed by atoms with Crippen LogP contribution >= 0.6 is 0 Å². The fourth-order valence-electron chi connectivity index (χ4n) is 1.42. The maximum absolute atomic E-state index is 10.9. The van der Waals surface area contributed by atoms with Crippen LogP contribution in [-0.4, -0.2) is 18.1 Å². The zero-order valence-corrected chi connectivity index (χ0v) is 9.06. The van der Waals surface area contributed by atoms with Gasteiger partial charge in [-0.2, -0.15) is 0 Å². The highest BCUT2D eigenvalue weighted by Gasteiger charge is 2.11. The van der Waals surface area contributed by atoms with E-state index in [1.807, 2.05) is 19.1 Å². The van der Waals surface area contributed by atoms with Crippen LogP contribution in [0.5, 0.6) is 0 Å². The molecule has 4 nitrogen and oxygen atoms in total. The normalized spacial score (nSPS) is 12.2. The molecule has 1 aromatic rings. The molecule has 0 bridgehead atoms. The lowest BCUT2D eigenvalue weighted by atomic mass is 10.0. The molecule has 0 aliphatic heterocycles. The van der Waals surface area contributed by atoms with Crippen LogP contribution in [0.4, 0.5) is 0 Å². The third-order valence-corrected chi connectivity index (χ3v) is 2.33. The van der Waals surface area contributed by atoms with E-state index in [2.05, 4.69) is 9.72 Å². The lowest BCUT2D eigenvalue weighted by Crippen LogP contribution is -2.14. The number of hydrogen-bond donors (Lipinski definition) is 1. The summed E-state index contributed by atoms with van der Waals surface area (Å²) in [5.41, 5.74) is 7.85. The van der Waals surface area contributed by atoms with E-state index in [1.165, 1.54) is 7.11 Å². The second-order valence-electron chi connectivity index (χ2n) is 3.40. The molecule has 0 aliphatic carbocycles. The van der Waals surface area contributed by atoms with Gasteiger partial charge in [0.15, 0.2) is 0 Å². The molecule has 0 saturated heterocycles. The summed E-state index contributed by atoms with van der Waals surface area (Å²) in [6.07, 6.45) is 2.65. The van der Waals surface area contributed by atoms with Gasteiger partial charge >= 0.3 is 5.97 Å². The van der Waals surface area contributed by atoms with Gasteiger partial charge in [0.1, 0.15) is 0 Å². The van der Waals surface area contributed by atoms with Crippen molar-refractivity contribution in [1.29, 1.82) is 0 Å². The van der Waals surface area contributed by atoms with Gasteiger partial charge in [0, 0.05) is 24.4 Å². The van der Waals surface area contributed by atoms with E-state index >= 15 is 0 Å². The maximum atomic E-state index is 10.9. The Bertz CT molecular complexity index is 339. The van der Waals surface area contributed by atoms with Gasteiger partial charge in [0.05, 0.1) is 7.11 Å². The molecule has 0 saturated carbocycles. The molecule has 1 atom stereocenters. The molecule has 0 amide bonds. The Kier molecular flexibility index (Phi) is 4.24. The van der Waals surface area contributed by atoms with Gasteiger partial charge in [-0.25, -0.2) is 0 Å². The molecule has 82 valence electrons. The molecule has 0 spiro atoms. The maximum Gasteiger partial charge on any atom is 0.305 e. The van der Waals surface area contributed by atoms with E-state index in [0.29, 0.717) is 12.8 Å². The Balaban J connectivity index is 2.57. The fourth-order valence-corrected chi connectivity index (χ4v) is 1.42. The van der Waals surface area contributed by atoms with Gasteiger partial charge in [-0.3, -0.25) is 9.78 Å². The van der Waals surface area contributed by atoms with Crippen molar-refractivity contribution in [2.24, 2.45) is 5.73 Å². The van der Waals surface area contributed by atoms with Crippen molar-refractivity contribution in [2.75, 3.05) is 7.11 Å². The summed E-state index contributed by atoms with van der Waals surface area (Å²) >= 11 is 0. The molecular formula is C11H16N2O2. The molecular weight excluding hydrogens is 192 g/mol. The summed E-state index contributed by atoms with van der Waals surface area (Å²) in [6.45, 7) is 1.91. The third-order valence-electron chi connectivity index (χ3n) is 2.33. The Morgan fingerprint density at radius 3 is 3.00 bits per heavy atom. The number of aromatic nitrogens is 1. The molecule has 1 unspecified atom stereocenters. The Labute approximate surface area is 89.5 Å². The van der Waals surface area contributed by atoms with Gasteiger partial charge in [-0.15, -0.1) is 0 Å². The SMILES string of the molecule is COC(=O)CCC(N)c1cccnc1C. The second kappa shape index (κ2) is 5.46. The molecule has 1 heterocycles. The summed E-state index contributed by atoms with van der Waals surface area (Å²) < 4.78 is 4.56. The number of aryl methyl sites for hydroxylation is 1. The van der Waals surface area contributed by atoms with Gasteiger partial charge in [0.25, 0.3) is 0 Å². The molecule has 2 N–H and O–H groups in total. The summed E-state index contributed by atoms with van der Waals surface area (Å²) in [6, 6.07) is 3.63. The second-order valence-corrected chi connectivity index (χ2v) is 3.40. The zero-order chi connectivity index (χ0) is 11.3. The quantitative estimate of drug-likeness (QED) is 0.758. The Morgan fingerprint density at radius 1 is 1.67 bits per heavy atom. The summed E-state index contributed by atoms with van der Waals surface area (Å²) in [5.74, 6) is -0.230. The van der Waals surface area contributed by atoms with E-state index in [0.717, 1.165) is 11.3 Å². The van der Waals surface area contributed by atoms with Crippen LogP contribution in [0.25, 0.3) is 0 Å². The topological polar surface area (TPSA) is 65.2 Å². The molecule has 1 rings (SSSR count). The highest BCUT2D eigenvalue weighted by atomic mass is 16.5. The number of nitrogens with two attached hydrogens (primary N) is 1. The van der Waals surface area contributed by atoms with Crippen molar-refractivity contribution in [3.05, 3.63) is 29.6 Å². The van der Waals surface area contributed by atoms with Gasteiger partial charge in [-0.05, 0) is 25.0 Å². The van der Waals surface area contributed by atoms with Crippen molar-refractivity contribution in [3.8, 4) is 0 Å². The van der Waals surface area contributed by atoms with Gasteiger partial charge < -0.3 is 10.5 Å². The smallest absolute Gasteiger partial charge is 0.305 e. The lowest BCUT2D eigenvalue weighted by Gasteiger charge is -2.12. The summed E-state index contributed by atoms with van der Waals surface area (Å²) in [5, 5.41) is 0. The van der Waals surface area contributed by atoms with E-state index < -0.39 is 0 Å². The van der Waals surface area contributed by atoms with E-state index in [1.54, 1.807) is 6.20 Å². The van der Waals surface area contributed by atoms with Gasteiger partial charge in [-0.1, -0.05) is 6.07 Å². The average Bonchev–Trinajstić information content (AvgIpc) is 2.26. The van der Waals surface area contributed by atoms with Crippen LogP contribution in [0.2, 0.25) is 0 Å². The predicted octanol–water partition coefficient (Wildman–Crippen LogP) is 1.34. The first-order valence-corrected chi connectivity index (χ1v) is 4.89. The first-order valence-electron chi connectivity index (χ1n) is 4.89. The number of ether oxygens (including phenoxy) is 1. The van der Waals surface area contributed by atoms with Crippen LogP contribution in [0.3, 0.4) is 0 Å². The van der Waals surface area contributed by atoms with E-state index in [9.17, 15) is 4.79 Å². The number of pyridine rings is 1. The number of methoxy groups -OCH3 is 1. The van der Waals surface area contributed by atoms with Crippen molar-refractivity contribution in [3.63, 3.8) is 0 Å². The van der Waals surface area contributed by atoms with Crippen LogP contribution in [-0.2, 0) is 9.53 Å². The summed E-state index contributed by atoms with van der Waals surface area (Å²) in [7, 11) is 1.38. The molecule has 0 fully saturated rings. The van der Waals surface area contributed by atoms with Crippen molar-refractivity contribution in [2.45, 2.75) is 25.8 Å². The van der Waals surface area contributed by atoms with Crippen LogP contribution in [0.1, 0.15) is 30.1 Å². The molecule has 0 radical (unpaired) electrons. The minimum absolute atomic E-state index is 0.155. The molecule has 4 heteroatoms. The van der Waals surface area contributed by atoms with Crippen molar-refractivity contribution in [1.82, 2.24) is 4.98 Å². The number of carbonyl (C=O) groups is 1. The fraction of sp³-hybridized carbons (Fsp3) is 0.455. The Morgan fingerprint density at radius 2 is 2.40 bits per heavy atom. The molecule has 0 aliphatic rings. The number of nitrogens with zero attached hydrogens (tertiary/aromatic N) is 1. The molecule has 1 aromatic heterocycles. The van der Waals surface area contributed by atoms with Crippen LogP contribution < -0.4 is 5.73 Å². The van der Waals surface area contributed by atoms with E-state index in [-0.39, 0.29) is 12.0 Å². The minimum atomic E-state index is -0.230. The zero-order valence-electron chi connectivity index (χ0n) is 9.06. The largest absolute Gasteiger partial charge is 0.469 e. The number of hydrogen-bond acceptors (Lipinski definition) is 4. The van der Waals surface area contributed by atoms with Crippen LogP contribution in [0.15, 0.2) is 18.3 Å². The van der Waals surface area contributed by atoms with Crippen LogP contribution in [0, 0.1) is 6.92 Å². The lowest BCUT2D eigenvalue weighted by molar-refractivity contribution is -0.140. The monoisotopic (exact) mass is 208 g/mol. The molecule has 0 aromatic carbocycles. The van der Waals surface area contributed by atoms with Crippen molar-refractivity contribution >= 4 is 5.97 Å². The third kappa shape index (κ3) is 3.32. The Hall–Kier alpha value is -1.42. The highest BCUT2D eigenvalue weighted by molar-refractivity contribution is 5.69.